The highest BCUT2D eigenvalue weighted by atomic mass is 19.4. The second-order valence-electron chi connectivity index (χ2n) is 11.7. The Labute approximate surface area is 199 Å². The number of alkyl halides is 3. The van der Waals surface area contributed by atoms with Gasteiger partial charge in [0.25, 0.3) is 0 Å². The Morgan fingerprint density at radius 3 is 2.50 bits per heavy atom. The van der Waals surface area contributed by atoms with Crippen molar-refractivity contribution in [3.63, 3.8) is 0 Å². The molecule has 8 heteroatoms. The van der Waals surface area contributed by atoms with Gasteiger partial charge in [-0.1, -0.05) is 26.8 Å². The highest BCUT2D eigenvalue weighted by molar-refractivity contribution is 5.89. The van der Waals surface area contributed by atoms with Gasteiger partial charge in [0, 0.05) is 17.4 Å². The van der Waals surface area contributed by atoms with E-state index in [9.17, 15) is 27.6 Å². The molecule has 4 aliphatic rings. The van der Waals surface area contributed by atoms with Crippen molar-refractivity contribution in [3.05, 3.63) is 12.2 Å². The molecule has 0 aromatic rings. The van der Waals surface area contributed by atoms with Crippen molar-refractivity contribution in [1.82, 2.24) is 10.6 Å². The number of amides is 2. The van der Waals surface area contributed by atoms with Crippen LogP contribution in [0.25, 0.3) is 0 Å². The fourth-order valence-electron chi connectivity index (χ4n) is 7.85. The average Bonchev–Trinajstić information content (AvgIpc) is 3.10. The van der Waals surface area contributed by atoms with Crippen molar-refractivity contribution in [2.45, 2.75) is 90.9 Å². The van der Waals surface area contributed by atoms with Crippen LogP contribution in [-0.4, -0.2) is 35.9 Å². The second-order valence-corrected chi connectivity index (χ2v) is 11.7. The first kappa shape index (κ1) is 25.2. The largest absolute Gasteiger partial charge is 0.391 e. The predicted octanol–water partition coefficient (Wildman–Crippen LogP) is 4.56. The Balaban J connectivity index is 1.49. The number of halogens is 3. The van der Waals surface area contributed by atoms with E-state index in [-0.39, 0.29) is 34.6 Å². The number of hydrogen-bond donors (Lipinski definition) is 2. The summed E-state index contributed by atoms with van der Waals surface area (Å²) in [5, 5.41) is 5.85. The predicted molar refractivity (Wildman–Crippen MR) is 121 cm³/mol. The van der Waals surface area contributed by atoms with Crippen molar-refractivity contribution in [3.8, 4) is 0 Å². The molecule has 2 N–H and O–H groups in total. The molecule has 0 saturated heterocycles. The molecule has 0 aromatic heterocycles. The molecule has 1 heterocycles. The smallest absolute Gasteiger partial charge is 0.349 e. The summed E-state index contributed by atoms with van der Waals surface area (Å²) in [5.41, 5.74) is -0.320. The maximum atomic E-state index is 13.3. The minimum Gasteiger partial charge on any atom is -0.349 e. The molecule has 0 spiro atoms. The molecule has 5 nitrogen and oxygen atoms in total. The van der Waals surface area contributed by atoms with Gasteiger partial charge in [0.1, 0.15) is 0 Å². The maximum absolute atomic E-state index is 13.3. The Bertz CT molecular complexity index is 887. The van der Waals surface area contributed by atoms with Gasteiger partial charge in [-0.25, -0.2) is 0 Å². The quantitative estimate of drug-likeness (QED) is 0.603. The molecule has 0 bridgehead atoms. The molecule has 0 aromatic carbocycles. The second kappa shape index (κ2) is 8.66. The molecule has 2 amide bonds. The summed E-state index contributed by atoms with van der Waals surface area (Å²) in [6.07, 6.45) is 4.27. The number of fused-ring (bicyclic) bond motifs is 5. The van der Waals surface area contributed by atoms with Crippen molar-refractivity contribution in [2.24, 2.45) is 40.4 Å². The van der Waals surface area contributed by atoms with Crippen LogP contribution in [-0.2, 0) is 14.4 Å². The lowest BCUT2D eigenvalue weighted by Crippen LogP contribution is -2.59. The Hall–Kier alpha value is -1.86. The molecular formula is C26H37F3N2O3. The molecule has 34 heavy (non-hydrogen) atoms. The number of hydrogen-bond acceptors (Lipinski definition) is 3. The normalized spacial score (nSPS) is 40.9. The van der Waals surface area contributed by atoms with Crippen molar-refractivity contribution in [1.29, 1.82) is 0 Å². The van der Waals surface area contributed by atoms with Crippen LogP contribution in [0.4, 0.5) is 13.2 Å². The third-order valence-corrected chi connectivity index (χ3v) is 9.96. The zero-order valence-electron chi connectivity index (χ0n) is 20.5. The van der Waals surface area contributed by atoms with E-state index < -0.39 is 30.3 Å². The molecule has 190 valence electrons. The number of carbonyl (C=O) groups excluding carboxylic acids is 3. The summed E-state index contributed by atoms with van der Waals surface area (Å²) in [6, 6.07) is -0.975. The van der Waals surface area contributed by atoms with Crippen LogP contribution in [0.1, 0.15) is 72.6 Å². The number of rotatable bonds is 5. The first-order chi connectivity index (χ1) is 15.8. The van der Waals surface area contributed by atoms with Gasteiger partial charge in [-0.2, -0.15) is 13.2 Å². The standard InChI is InChI=1S/C26H37F3N2O3/c1-14(26(27,28)29)13-20(15(2)32)30-23(34)19-7-6-17-16-5-8-21-25(4,12-10-22(33)31-21)18(16)9-11-24(17,19)3/h10,12,14,16-21H,5-9,11,13H2,1-4H3,(H,30,34)(H,31,33)/t14?,16-,17-,18-,19+,20?,21+,24-,25+/m0/s1. The highest BCUT2D eigenvalue weighted by Gasteiger charge is 2.61. The fraction of sp³-hybridized carbons (Fsp3) is 0.808. The lowest BCUT2D eigenvalue weighted by atomic mass is 9.48. The fourth-order valence-corrected chi connectivity index (χ4v) is 7.85. The van der Waals surface area contributed by atoms with Crippen molar-refractivity contribution < 1.29 is 27.6 Å². The number of ketones is 1. The SMILES string of the molecule is CC(=O)C(CC(C)C(F)(F)F)NC(=O)[C@H]1CC[C@H]2[C@@H]3CC[C@H]4NC(=O)C=C[C@]4(C)[C@H]3CC[C@]12C. The molecular weight excluding hydrogens is 445 g/mol. The highest BCUT2D eigenvalue weighted by Crippen LogP contribution is 2.65. The molecule has 3 saturated carbocycles. The lowest BCUT2D eigenvalue weighted by Gasteiger charge is -2.58. The topological polar surface area (TPSA) is 75.3 Å². The average molecular weight is 483 g/mol. The first-order valence-corrected chi connectivity index (χ1v) is 12.6. The molecule has 9 atom stereocenters. The van der Waals surface area contributed by atoms with Gasteiger partial charge >= 0.3 is 6.18 Å². The summed E-state index contributed by atoms with van der Waals surface area (Å²) in [6.45, 7) is 6.70. The molecule has 3 fully saturated rings. The summed E-state index contributed by atoms with van der Waals surface area (Å²) < 4.78 is 39.2. The van der Waals surface area contributed by atoms with E-state index in [2.05, 4.69) is 30.6 Å². The van der Waals surface area contributed by atoms with Crippen molar-refractivity contribution >= 4 is 17.6 Å². The van der Waals surface area contributed by atoms with E-state index in [0.717, 1.165) is 39.0 Å². The number of carbonyl (C=O) groups is 3. The van der Waals surface area contributed by atoms with E-state index in [1.165, 1.54) is 6.92 Å². The van der Waals surface area contributed by atoms with Gasteiger partial charge < -0.3 is 10.6 Å². The Morgan fingerprint density at radius 1 is 1.15 bits per heavy atom. The summed E-state index contributed by atoms with van der Waals surface area (Å²) in [5.74, 6) is -1.47. The Morgan fingerprint density at radius 2 is 1.85 bits per heavy atom. The van der Waals surface area contributed by atoms with Gasteiger partial charge in [-0.3, -0.25) is 14.4 Å². The third kappa shape index (κ3) is 4.19. The molecule has 2 unspecified atom stereocenters. The van der Waals surface area contributed by atoms with Crippen LogP contribution in [0.15, 0.2) is 12.2 Å². The number of Topliss-reactive ketones (excluding diaryl/α,β-unsaturated/α-hetero) is 1. The van der Waals surface area contributed by atoms with Crippen LogP contribution in [0, 0.1) is 40.4 Å². The Kier molecular flexibility index (Phi) is 6.43. The third-order valence-electron chi connectivity index (χ3n) is 9.96. The van der Waals surface area contributed by atoms with E-state index >= 15 is 0 Å². The number of nitrogens with one attached hydrogen (secondary N) is 2. The van der Waals surface area contributed by atoms with Gasteiger partial charge in [-0.15, -0.1) is 0 Å². The summed E-state index contributed by atoms with van der Waals surface area (Å²) in [4.78, 5) is 37.3. The molecule has 0 radical (unpaired) electrons. The van der Waals surface area contributed by atoms with Gasteiger partial charge in [0.15, 0.2) is 5.78 Å². The van der Waals surface area contributed by atoms with Gasteiger partial charge in [0.05, 0.1) is 12.0 Å². The molecule has 3 aliphatic carbocycles. The van der Waals surface area contributed by atoms with E-state index in [4.69, 9.17) is 0 Å². The van der Waals surface area contributed by atoms with E-state index in [1.807, 2.05) is 0 Å². The zero-order valence-corrected chi connectivity index (χ0v) is 20.5. The molecule has 4 rings (SSSR count). The molecule has 1 aliphatic heterocycles. The van der Waals surface area contributed by atoms with Gasteiger partial charge in [-0.05, 0) is 81.1 Å². The van der Waals surface area contributed by atoms with E-state index in [1.54, 1.807) is 6.08 Å². The monoisotopic (exact) mass is 482 g/mol. The minimum absolute atomic E-state index is 0.0287. The summed E-state index contributed by atoms with van der Waals surface area (Å²) in [7, 11) is 0. The first-order valence-electron chi connectivity index (χ1n) is 12.6. The van der Waals surface area contributed by atoms with Crippen LogP contribution in [0.3, 0.4) is 0 Å². The summed E-state index contributed by atoms with van der Waals surface area (Å²) >= 11 is 0. The lowest BCUT2D eigenvalue weighted by molar-refractivity contribution is -0.173. The van der Waals surface area contributed by atoms with Gasteiger partial charge in [0.2, 0.25) is 11.8 Å². The van der Waals surface area contributed by atoms with Crippen LogP contribution < -0.4 is 10.6 Å². The maximum Gasteiger partial charge on any atom is 0.391 e. The van der Waals surface area contributed by atoms with E-state index in [0.29, 0.717) is 24.2 Å². The van der Waals surface area contributed by atoms with Crippen LogP contribution in [0.5, 0.6) is 0 Å². The van der Waals surface area contributed by atoms with Crippen molar-refractivity contribution in [2.75, 3.05) is 0 Å². The zero-order chi connectivity index (χ0) is 25.1. The van der Waals surface area contributed by atoms with Crippen LogP contribution in [0.2, 0.25) is 0 Å². The van der Waals surface area contributed by atoms with Crippen LogP contribution >= 0.6 is 0 Å². The minimum atomic E-state index is -4.40.